The second kappa shape index (κ2) is 4.54. The van der Waals surface area contributed by atoms with E-state index in [2.05, 4.69) is 37.3 Å². The lowest BCUT2D eigenvalue weighted by atomic mass is 10.2. The Morgan fingerprint density at radius 3 is 2.84 bits per heavy atom. The van der Waals surface area contributed by atoms with Crippen molar-refractivity contribution in [1.29, 1.82) is 0 Å². The molecule has 1 aromatic carbocycles. The lowest BCUT2D eigenvalue weighted by Gasteiger charge is -1.99. The van der Waals surface area contributed by atoms with Crippen LogP contribution < -0.4 is 4.57 Å². The molecule has 0 fully saturated rings. The van der Waals surface area contributed by atoms with Crippen molar-refractivity contribution in [1.82, 2.24) is 14.5 Å². The molecule has 118 valence electrons. The minimum absolute atomic E-state index is 0.766. The lowest BCUT2D eigenvalue weighted by molar-refractivity contribution is -0.651. The summed E-state index contributed by atoms with van der Waals surface area (Å²) in [6, 6.07) is 16.4. The van der Waals surface area contributed by atoms with Gasteiger partial charge in [-0.15, -0.1) is 0 Å². The van der Waals surface area contributed by atoms with Crippen molar-refractivity contribution in [2.45, 2.75) is 6.54 Å². The summed E-state index contributed by atoms with van der Waals surface area (Å²) >= 11 is 0. The van der Waals surface area contributed by atoms with E-state index in [1.54, 1.807) is 0 Å². The summed E-state index contributed by atoms with van der Waals surface area (Å²) in [6.07, 6.45) is 5.52. The molecule has 4 aromatic heterocycles. The molecule has 5 nitrogen and oxygen atoms in total. The number of fused-ring (bicyclic) bond motifs is 7. The molecule has 1 aliphatic rings. The quantitative estimate of drug-likeness (QED) is 0.435. The SMILES string of the molecule is c1ccc(-n2c3cnccc3c3oc4[n+](c32)Cc2cccnc2-4)cc1. The zero-order chi connectivity index (χ0) is 16.4. The van der Waals surface area contributed by atoms with Crippen LogP contribution in [-0.4, -0.2) is 14.5 Å². The first-order valence-corrected chi connectivity index (χ1v) is 8.22. The van der Waals surface area contributed by atoms with Gasteiger partial charge in [0.2, 0.25) is 5.58 Å². The van der Waals surface area contributed by atoms with Crippen molar-refractivity contribution >= 4 is 22.1 Å². The molecule has 0 unspecified atom stereocenters. The number of nitrogens with zero attached hydrogens (tertiary/aromatic N) is 4. The van der Waals surface area contributed by atoms with Crippen LogP contribution in [0.1, 0.15) is 5.56 Å². The Kier molecular flexibility index (Phi) is 2.34. The zero-order valence-electron chi connectivity index (χ0n) is 13.3. The molecule has 5 heteroatoms. The highest BCUT2D eigenvalue weighted by atomic mass is 16.4. The number of rotatable bonds is 1. The Hall–Kier alpha value is -3.47. The first-order valence-electron chi connectivity index (χ1n) is 8.22. The van der Waals surface area contributed by atoms with Gasteiger partial charge in [-0.1, -0.05) is 24.3 Å². The highest BCUT2D eigenvalue weighted by Crippen LogP contribution is 2.36. The first-order chi connectivity index (χ1) is 12.4. The van der Waals surface area contributed by atoms with Gasteiger partial charge in [-0.3, -0.25) is 4.98 Å². The van der Waals surface area contributed by atoms with E-state index in [4.69, 9.17) is 4.42 Å². The summed E-state index contributed by atoms with van der Waals surface area (Å²) in [4.78, 5) is 8.84. The molecular weight excluding hydrogens is 312 g/mol. The number of pyridine rings is 2. The van der Waals surface area contributed by atoms with E-state index in [0.717, 1.165) is 45.9 Å². The molecule has 0 spiro atoms. The zero-order valence-corrected chi connectivity index (χ0v) is 13.3. The predicted octanol–water partition coefficient (Wildman–Crippen LogP) is 3.48. The minimum Gasteiger partial charge on any atom is -0.412 e. The minimum atomic E-state index is 0.766. The van der Waals surface area contributed by atoms with Crippen molar-refractivity contribution < 1.29 is 8.98 Å². The monoisotopic (exact) mass is 325 g/mol. The van der Waals surface area contributed by atoms with Crippen molar-refractivity contribution in [2.24, 2.45) is 0 Å². The second-order valence-corrected chi connectivity index (χ2v) is 6.22. The molecule has 0 N–H and O–H groups in total. The van der Waals surface area contributed by atoms with Gasteiger partial charge < -0.3 is 4.42 Å². The van der Waals surface area contributed by atoms with Crippen LogP contribution in [0.3, 0.4) is 0 Å². The Labute approximate surface area is 142 Å². The highest BCUT2D eigenvalue weighted by molar-refractivity contribution is 6.03. The van der Waals surface area contributed by atoms with E-state index in [9.17, 15) is 0 Å². The van der Waals surface area contributed by atoms with Gasteiger partial charge in [0.25, 0.3) is 0 Å². The van der Waals surface area contributed by atoms with Crippen molar-refractivity contribution in [3.8, 4) is 17.3 Å². The number of aromatic nitrogens is 4. The smallest absolute Gasteiger partial charge is 0.334 e. The average Bonchev–Trinajstić information content (AvgIpc) is 3.30. The standard InChI is InChI=1S/C20H13N4O/c1-2-6-14(7-3-1)24-16-11-21-10-8-15(16)18-19(24)23-12-13-5-4-9-22-17(13)20(23)25-18/h1-11H,12H2/q+1. The van der Waals surface area contributed by atoms with Gasteiger partial charge >= 0.3 is 11.5 Å². The third kappa shape index (κ3) is 1.59. The van der Waals surface area contributed by atoms with Gasteiger partial charge in [-0.05, 0) is 24.3 Å². The van der Waals surface area contributed by atoms with Crippen LogP contribution in [0.2, 0.25) is 0 Å². The fraction of sp³-hybridized carbons (Fsp3) is 0.0500. The van der Waals surface area contributed by atoms with E-state index in [0.29, 0.717) is 0 Å². The lowest BCUT2D eigenvalue weighted by Crippen LogP contribution is -2.32. The number of para-hydroxylation sites is 1. The number of oxazole rings is 1. The molecular formula is C20H13N4O+. The van der Waals surface area contributed by atoms with E-state index in [1.165, 1.54) is 5.56 Å². The maximum absolute atomic E-state index is 6.30. The van der Waals surface area contributed by atoms with Gasteiger partial charge in [0.1, 0.15) is 12.2 Å². The Morgan fingerprint density at radius 1 is 1.00 bits per heavy atom. The van der Waals surface area contributed by atoms with E-state index >= 15 is 0 Å². The maximum atomic E-state index is 6.30. The molecule has 0 atom stereocenters. The topological polar surface area (TPSA) is 47.7 Å². The fourth-order valence-corrected chi connectivity index (χ4v) is 3.77. The summed E-state index contributed by atoms with van der Waals surface area (Å²) in [6.45, 7) is 0.766. The fourth-order valence-electron chi connectivity index (χ4n) is 3.77. The van der Waals surface area contributed by atoms with Crippen LogP contribution in [0.4, 0.5) is 0 Å². The second-order valence-electron chi connectivity index (χ2n) is 6.22. The Bertz CT molecular complexity index is 1270. The number of hydrogen-bond acceptors (Lipinski definition) is 3. The van der Waals surface area contributed by atoms with Crippen LogP contribution in [-0.2, 0) is 6.54 Å². The Balaban J connectivity index is 1.79. The molecule has 6 rings (SSSR count). The molecule has 1 aliphatic heterocycles. The van der Waals surface area contributed by atoms with Crippen molar-refractivity contribution in [3.63, 3.8) is 0 Å². The van der Waals surface area contributed by atoms with E-state index < -0.39 is 0 Å². The molecule has 0 amide bonds. The maximum Gasteiger partial charge on any atom is 0.334 e. The van der Waals surface area contributed by atoms with E-state index in [1.807, 2.05) is 48.9 Å². The normalized spacial score (nSPS) is 12.6. The van der Waals surface area contributed by atoms with Gasteiger partial charge in [0, 0.05) is 18.0 Å². The van der Waals surface area contributed by atoms with Crippen LogP contribution in [0.5, 0.6) is 0 Å². The van der Waals surface area contributed by atoms with Gasteiger partial charge in [-0.2, -0.15) is 9.13 Å². The largest absolute Gasteiger partial charge is 0.412 e. The number of hydrogen-bond donors (Lipinski definition) is 0. The van der Waals surface area contributed by atoms with Crippen molar-refractivity contribution in [2.75, 3.05) is 0 Å². The van der Waals surface area contributed by atoms with Crippen LogP contribution in [0.25, 0.3) is 39.4 Å². The third-order valence-electron chi connectivity index (χ3n) is 4.84. The molecule has 25 heavy (non-hydrogen) atoms. The first kappa shape index (κ1) is 12.9. The molecule has 5 heterocycles. The van der Waals surface area contributed by atoms with E-state index in [-0.39, 0.29) is 0 Å². The summed E-state index contributed by atoms with van der Waals surface area (Å²) in [5.74, 6) is 0.823. The van der Waals surface area contributed by atoms with Crippen LogP contribution in [0, 0.1) is 0 Å². The molecule has 0 saturated heterocycles. The molecule has 0 bridgehead atoms. The Morgan fingerprint density at radius 2 is 1.92 bits per heavy atom. The summed E-state index contributed by atoms with van der Waals surface area (Å²) in [5.41, 5.74) is 6.18. The third-order valence-corrected chi connectivity index (χ3v) is 4.84. The van der Waals surface area contributed by atoms with Gasteiger partial charge in [0.05, 0.1) is 11.6 Å². The molecule has 0 aliphatic carbocycles. The molecule has 5 aromatic rings. The summed E-state index contributed by atoms with van der Waals surface area (Å²) in [5, 5.41) is 1.06. The van der Waals surface area contributed by atoms with Crippen LogP contribution in [0.15, 0.2) is 71.5 Å². The van der Waals surface area contributed by atoms with Gasteiger partial charge in [-0.25, -0.2) is 4.98 Å². The number of benzene rings is 1. The molecule has 0 saturated carbocycles. The van der Waals surface area contributed by atoms with Crippen molar-refractivity contribution in [3.05, 3.63) is 72.7 Å². The summed E-state index contributed by atoms with van der Waals surface area (Å²) in [7, 11) is 0. The van der Waals surface area contributed by atoms with Gasteiger partial charge in [0.15, 0.2) is 11.2 Å². The average molecular weight is 325 g/mol. The summed E-state index contributed by atoms with van der Waals surface area (Å²) < 4.78 is 10.7. The van der Waals surface area contributed by atoms with Crippen LogP contribution >= 0.6 is 0 Å². The predicted molar refractivity (Wildman–Crippen MR) is 93.4 cm³/mol. The molecule has 0 radical (unpaired) electrons. The highest BCUT2D eigenvalue weighted by Gasteiger charge is 2.36.